The molecule has 0 aliphatic carbocycles. The number of ether oxygens (including phenoxy) is 2. The third kappa shape index (κ3) is 5.75. The maximum atomic E-state index is 14.7. The molecule has 37 heavy (non-hydrogen) atoms. The van der Waals surface area contributed by atoms with E-state index in [0.29, 0.717) is 37.0 Å². The quantitative estimate of drug-likeness (QED) is 0.259. The molecule has 1 fully saturated rings. The molecule has 3 unspecified atom stereocenters. The normalized spacial score (nSPS) is 18.6. The summed E-state index contributed by atoms with van der Waals surface area (Å²) in [5, 5.41) is 0. The lowest BCUT2D eigenvalue weighted by atomic mass is 9.93. The van der Waals surface area contributed by atoms with E-state index in [9.17, 15) is 30.7 Å². The highest BCUT2D eigenvalue weighted by Gasteiger charge is 2.27. The van der Waals surface area contributed by atoms with Crippen LogP contribution in [0, 0.1) is 46.6 Å². The second-order valence-electron chi connectivity index (χ2n) is 9.02. The molecule has 3 atom stereocenters. The summed E-state index contributed by atoms with van der Waals surface area (Å²) in [6.45, 7) is 1.86. The predicted octanol–water partition coefficient (Wildman–Crippen LogP) is 7.28. The molecule has 1 aliphatic heterocycles. The Morgan fingerprint density at radius 2 is 1.43 bits per heavy atom. The molecule has 3 aromatic rings. The molecule has 0 saturated carbocycles. The molecular formula is C27H24F7NO2. The average molecular weight is 527 g/mol. The van der Waals surface area contributed by atoms with Crippen molar-refractivity contribution in [2.75, 3.05) is 13.2 Å². The van der Waals surface area contributed by atoms with Gasteiger partial charge in [-0.3, -0.25) is 0 Å². The second kappa shape index (κ2) is 11.1. The zero-order valence-corrected chi connectivity index (χ0v) is 19.8. The van der Waals surface area contributed by atoms with E-state index in [1.165, 1.54) is 0 Å². The Kier molecular flexibility index (Phi) is 8.08. The Hall–Kier alpha value is -3.11. The fourth-order valence-electron chi connectivity index (χ4n) is 4.32. The summed E-state index contributed by atoms with van der Waals surface area (Å²) in [6, 6.07) is 4.79. The van der Waals surface area contributed by atoms with Gasteiger partial charge in [0.25, 0.3) is 0 Å². The predicted molar refractivity (Wildman–Crippen MR) is 122 cm³/mol. The molecule has 0 bridgehead atoms. The van der Waals surface area contributed by atoms with E-state index < -0.39 is 69.7 Å². The first-order valence-corrected chi connectivity index (χ1v) is 11.7. The number of hydrogen-bond acceptors (Lipinski definition) is 3. The SMILES string of the molecule is CCC(N)c1cc(F)c(OCC2CCC(c3cc(F)c(-c4cc(F)c(F)c(F)c4)c(F)c3)OC2)c(F)c1. The zero-order valence-electron chi connectivity index (χ0n) is 19.8. The van der Waals surface area contributed by atoms with Crippen molar-refractivity contribution in [3.8, 4) is 16.9 Å². The van der Waals surface area contributed by atoms with Crippen molar-refractivity contribution >= 4 is 0 Å². The Morgan fingerprint density at radius 3 is 1.95 bits per heavy atom. The average Bonchev–Trinajstić information content (AvgIpc) is 2.86. The van der Waals surface area contributed by atoms with Crippen LogP contribution in [0.4, 0.5) is 30.7 Å². The van der Waals surface area contributed by atoms with Gasteiger partial charge in [0.1, 0.15) is 11.6 Å². The first-order chi connectivity index (χ1) is 17.6. The van der Waals surface area contributed by atoms with Gasteiger partial charge >= 0.3 is 0 Å². The lowest BCUT2D eigenvalue weighted by molar-refractivity contribution is -0.0294. The minimum atomic E-state index is -1.74. The van der Waals surface area contributed by atoms with Gasteiger partial charge < -0.3 is 15.2 Å². The molecule has 0 spiro atoms. The Bertz CT molecular complexity index is 1220. The number of hydrogen-bond donors (Lipinski definition) is 1. The maximum Gasteiger partial charge on any atom is 0.194 e. The van der Waals surface area contributed by atoms with Gasteiger partial charge in [-0.25, -0.2) is 30.7 Å². The van der Waals surface area contributed by atoms with E-state index in [1.54, 1.807) is 6.92 Å². The molecule has 10 heteroatoms. The van der Waals surface area contributed by atoms with Gasteiger partial charge in [0.2, 0.25) is 0 Å². The standard InChI is InChI=1S/C27H24F7NO2/c1-2-23(35)14-5-21(32)27(22(33)6-14)37-12-13-3-4-24(36-11-13)15-7-17(28)25(18(29)8-15)16-9-19(30)26(34)20(31)10-16/h5-10,13,23-24H,2-4,11-12,35H2,1H3. The third-order valence-corrected chi connectivity index (χ3v) is 6.43. The summed E-state index contributed by atoms with van der Waals surface area (Å²) in [5.74, 6) is -9.52. The van der Waals surface area contributed by atoms with Crippen molar-refractivity contribution in [1.29, 1.82) is 0 Å². The lowest BCUT2D eigenvalue weighted by Crippen LogP contribution is -2.26. The topological polar surface area (TPSA) is 44.5 Å². The number of nitrogens with two attached hydrogens (primary N) is 1. The van der Waals surface area contributed by atoms with Crippen molar-refractivity contribution in [1.82, 2.24) is 0 Å². The van der Waals surface area contributed by atoms with Crippen LogP contribution in [0.2, 0.25) is 0 Å². The summed E-state index contributed by atoms with van der Waals surface area (Å²) < 4.78 is 110. The van der Waals surface area contributed by atoms with Crippen LogP contribution in [-0.4, -0.2) is 13.2 Å². The molecule has 1 heterocycles. The summed E-state index contributed by atoms with van der Waals surface area (Å²) in [7, 11) is 0. The summed E-state index contributed by atoms with van der Waals surface area (Å²) in [6.07, 6.45) is 0.645. The molecule has 0 aromatic heterocycles. The molecule has 198 valence electrons. The van der Waals surface area contributed by atoms with Crippen LogP contribution in [0.5, 0.6) is 5.75 Å². The van der Waals surface area contributed by atoms with Crippen LogP contribution >= 0.6 is 0 Å². The van der Waals surface area contributed by atoms with Crippen LogP contribution in [0.3, 0.4) is 0 Å². The molecule has 0 radical (unpaired) electrons. The van der Waals surface area contributed by atoms with Crippen molar-refractivity contribution in [3.63, 3.8) is 0 Å². The van der Waals surface area contributed by atoms with E-state index in [-0.39, 0.29) is 24.7 Å². The second-order valence-corrected chi connectivity index (χ2v) is 9.02. The fraction of sp³-hybridized carbons (Fsp3) is 0.333. The monoisotopic (exact) mass is 527 g/mol. The van der Waals surface area contributed by atoms with Crippen LogP contribution in [0.1, 0.15) is 49.5 Å². The first-order valence-electron chi connectivity index (χ1n) is 11.7. The molecule has 4 rings (SSSR count). The number of rotatable bonds is 7. The highest BCUT2D eigenvalue weighted by atomic mass is 19.2. The van der Waals surface area contributed by atoms with E-state index in [1.807, 2.05) is 0 Å². The van der Waals surface area contributed by atoms with Gasteiger partial charge in [-0.05, 0) is 72.4 Å². The van der Waals surface area contributed by atoms with Gasteiger partial charge in [0, 0.05) is 12.0 Å². The van der Waals surface area contributed by atoms with Crippen molar-refractivity contribution in [3.05, 3.63) is 88.2 Å². The van der Waals surface area contributed by atoms with E-state index in [2.05, 4.69) is 0 Å². The summed E-state index contributed by atoms with van der Waals surface area (Å²) in [4.78, 5) is 0. The fourth-order valence-corrected chi connectivity index (χ4v) is 4.32. The smallest absolute Gasteiger partial charge is 0.194 e. The largest absolute Gasteiger partial charge is 0.487 e. The van der Waals surface area contributed by atoms with Gasteiger partial charge in [0.15, 0.2) is 34.8 Å². The van der Waals surface area contributed by atoms with Crippen LogP contribution in [-0.2, 0) is 4.74 Å². The van der Waals surface area contributed by atoms with E-state index in [4.69, 9.17) is 15.2 Å². The molecule has 3 aromatic carbocycles. The van der Waals surface area contributed by atoms with Crippen molar-refractivity contribution in [2.45, 2.75) is 38.3 Å². The van der Waals surface area contributed by atoms with Crippen molar-refractivity contribution in [2.24, 2.45) is 11.7 Å². The summed E-state index contributed by atoms with van der Waals surface area (Å²) >= 11 is 0. The van der Waals surface area contributed by atoms with Crippen LogP contribution in [0.25, 0.3) is 11.1 Å². The van der Waals surface area contributed by atoms with E-state index in [0.717, 1.165) is 24.3 Å². The molecule has 2 N–H and O–H groups in total. The maximum absolute atomic E-state index is 14.7. The Morgan fingerprint density at radius 1 is 0.838 bits per heavy atom. The number of halogens is 7. The van der Waals surface area contributed by atoms with Gasteiger partial charge in [0.05, 0.1) is 24.9 Å². The van der Waals surface area contributed by atoms with Crippen LogP contribution in [0.15, 0.2) is 36.4 Å². The Labute approximate surface area is 209 Å². The highest BCUT2D eigenvalue weighted by molar-refractivity contribution is 5.65. The lowest BCUT2D eigenvalue weighted by Gasteiger charge is -2.29. The number of benzene rings is 3. The molecular weight excluding hydrogens is 503 g/mol. The van der Waals surface area contributed by atoms with Crippen molar-refractivity contribution < 1.29 is 40.2 Å². The van der Waals surface area contributed by atoms with E-state index >= 15 is 0 Å². The highest BCUT2D eigenvalue weighted by Crippen LogP contribution is 2.36. The minimum Gasteiger partial charge on any atom is -0.487 e. The molecule has 1 aliphatic rings. The first kappa shape index (κ1) is 26.9. The van der Waals surface area contributed by atoms with Gasteiger partial charge in [-0.2, -0.15) is 0 Å². The van der Waals surface area contributed by atoms with Gasteiger partial charge in [-0.1, -0.05) is 6.92 Å². The molecule has 3 nitrogen and oxygen atoms in total. The molecule has 1 saturated heterocycles. The van der Waals surface area contributed by atoms with Crippen LogP contribution < -0.4 is 10.5 Å². The van der Waals surface area contributed by atoms with Gasteiger partial charge in [-0.15, -0.1) is 0 Å². The Balaban J connectivity index is 1.40. The summed E-state index contributed by atoms with van der Waals surface area (Å²) in [5.41, 5.74) is 5.14. The zero-order chi connectivity index (χ0) is 26.9. The third-order valence-electron chi connectivity index (χ3n) is 6.43. The molecule has 0 amide bonds. The minimum absolute atomic E-state index is 0.0386.